The molecule has 1 aliphatic rings. The van der Waals surface area contributed by atoms with Crippen LogP contribution in [0.3, 0.4) is 0 Å². The molecule has 1 aromatic carbocycles. The fourth-order valence-electron chi connectivity index (χ4n) is 2.88. The molecule has 2 rings (SSSR count). The first-order valence-corrected chi connectivity index (χ1v) is 7.64. The Balaban J connectivity index is 1.73. The van der Waals surface area contributed by atoms with Gasteiger partial charge in [-0.2, -0.15) is 0 Å². The van der Waals surface area contributed by atoms with Gasteiger partial charge in [-0.3, -0.25) is 0 Å². The molecule has 106 valence electrons. The molecule has 1 aliphatic heterocycles. The van der Waals surface area contributed by atoms with Crippen molar-refractivity contribution in [2.75, 3.05) is 20.1 Å². The zero-order valence-electron chi connectivity index (χ0n) is 12.7. The Hall–Kier alpha value is -0.860. The van der Waals surface area contributed by atoms with E-state index >= 15 is 0 Å². The van der Waals surface area contributed by atoms with Gasteiger partial charge in [0.15, 0.2) is 0 Å². The molecule has 0 radical (unpaired) electrons. The molecule has 0 saturated carbocycles. The van der Waals surface area contributed by atoms with Gasteiger partial charge >= 0.3 is 0 Å². The van der Waals surface area contributed by atoms with Crippen LogP contribution in [0, 0.1) is 5.92 Å². The van der Waals surface area contributed by atoms with Crippen molar-refractivity contribution in [2.45, 2.75) is 45.7 Å². The lowest BCUT2D eigenvalue weighted by atomic mass is 10.0. The van der Waals surface area contributed by atoms with Crippen molar-refractivity contribution in [1.29, 1.82) is 0 Å². The van der Waals surface area contributed by atoms with Gasteiger partial charge in [0.2, 0.25) is 0 Å². The van der Waals surface area contributed by atoms with E-state index in [1.54, 1.807) is 0 Å². The van der Waals surface area contributed by atoms with Crippen LogP contribution in [-0.4, -0.2) is 31.1 Å². The van der Waals surface area contributed by atoms with Crippen LogP contribution in [0.1, 0.15) is 37.8 Å². The highest BCUT2D eigenvalue weighted by atomic mass is 15.2. The largest absolute Gasteiger partial charge is 0.311 e. The van der Waals surface area contributed by atoms with Crippen molar-refractivity contribution < 1.29 is 0 Å². The minimum absolute atomic E-state index is 0.736. The van der Waals surface area contributed by atoms with Crippen LogP contribution in [0.5, 0.6) is 0 Å². The van der Waals surface area contributed by atoms with Gasteiger partial charge in [0.1, 0.15) is 0 Å². The van der Waals surface area contributed by atoms with Crippen molar-refractivity contribution >= 4 is 0 Å². The summed E-state index contributed by atoms with van der Waals surface area (Å²) in [6.07, 6.45) is 3.88. The molecule has 1 saturated heterocycles. The highest BCUT2D eigenvalue weighted by molar-refractivity contribution is 5.22. The van der Waals surface area contributed by atoms with Gasteiger partial charge < -0.3 is 10.2 Å². The van der Waals surface area contributed by atoms with E-state index < -0.39 is 0 Å². The minimum Gasteiger partial charge on any atom is -0.311 e. The maximum atomic E-state index is 3.59. The second kappa shape index (κ2) is 7.06. The molecular formula is C17H28N2. The fourth-order valence-corrected chi connectivity index (χ4v) is 2.88. The Labute approximate surface area is 118 Å². The molecule has 2 nitrogen and oxygen atoms in total. The fraction of sp³-hybridized carbons (Fsp3) is 0.647. The summed E-state index contributed by atoms with van der Waals surface area (Å²) in [7, 11) is 2.24. The molecule has 0 spiro atoms. The number of hydrogen-bond donors (Lipinski definition) is 1. The van der Waals surface area contributed by atoms with Crippen LogP contribution in [0.25, 0.3) is 0 Å². The zero-order valence-corrected chi connectivity index (χ0v) is 12.7. The number of likely N-dealkylation sites (tertiary alicyclic amines) is 1. The molecule has 19 heavy (non-hydrogen) atoms. The van der Waals surface area contributed by atoms with E-state index in [0.29, 0.717) is 0 Å². The molecule has 2 heteroatoms. The molecule has 1 atom stereocenters. The molecule has 1 unspecified atom stereocenters. The third-order valence-corrected chi connectivity index (χ3v) is 4.05. The number of nitrogens with one attached hydrogen (secondary N) is 1. The van der Waals surface area contributed by atoms with Gasteiger partial charge in [0, 0.05) is 19.1 Å². The van der Waals surface area contributed by atoms with Crippen molar-refractivity contribution in [2.24, 2.45) is 5.92 Å². The Kier molecular flexibility index (Phi) is 5.41. The highest BCUT2D eigenvalue weighted by Crippen LogP contribution is 2.14. The molecular weight excluding hydrogens is 232 g/mol. The standard InChI is InChI=1S/C17H28N2/c1-14(2)11-15-6-8-16(9-7-15)12-18-13-17-5-4-10-19(17)3/h6-9,14,17-18H,4-5,10-13H2,1-3H3. The van der Waals surface area contributed by atoms with Gasteiger partial charge in [0.25, 0.3) is 0 Å². The predicted octanol–water partition coefficient (Wildman–Crippen LogP) is 3.07. The normalized spacial score (nSPS) is 20.3. The number of nitrogens with zero attached hydrogens (tertiary/aromatic N) is 1. The van der Waals surface area contributed by atoms with E-state index in [0.717, 1.165) is 25.0 Å². The van der Waals surface area contributed by atoms with Crippen molar-refractivity contribution in [3.8, 4) is 0 Å². The van der Waals surface area contributed by atoms with Gasteiger partial charge in [-0.05, 0) is 49.9 Å². The van der Waals surface area contributed by atoms with Crippen molar-refractivity contribution in [1.82, 2.24) is 10.2 Å². The van der Waals surface area contributed by atoms with Crippen molar-refractivity contribution in [3.63, 3.8) is 0 Å². The van der Waals surface area contributed by atoms with E-state index in [1.807, 2.05) is 0 Å². The van der Waals surface area contributed by atoms with Gasteiger partial charge in [-0.15, -0.1) is 0 Å². The lowest BCUT2D eigenvalue weighted by Crippen LogP contribution is -2.35. The summed E-state index contributed by atoms with van der Waals surface area (Å²) in [6.45, 7) is 7.91. The minimum atomic E-state index is 0.736. The molecule has 0 aliphatic carbocycles. The zero-order chi connectivity index (χ0) is 13.7. The Morgan fingerprint density at radius 2 is 1.89 bits per heavy atom. The summed E-state index contributed by atoms with van der Waals surface area (Å²) in [5, 5.41) is 3.59. The number of rotatable bonds is 6. The number of likely N-dealkylation sites (N-methyl/N-ethyl adjacent to an activating group) is 1. The predicted molar refractivity (Wildman–Crippen MR) is 82.3 cm³/mol. The summed E-state index contributed by atoms with van der Waals surface area (Å²) in [5.74, 6) is 0.738. The van der Waals surface area contributed by atoms with E-state index in [4.69, 9.17) is 0 Å². The molecule has 1 heterocycles. The van der Waals surface area contributed by atoms with Crippen LogP contribution >= 0.6 is 0 Å². The molecule has 0 bridgehead atoms. The smallest absolute Gasteiger partial charge is 0.0218 e. The summed E-state index contributed by atoms with van der Waals surface area (Å²) in [6, 6.07) is 9.82. The lowest BCUT2D eigenvalue weighted by Gasteiger charge is -2.19. The maximum absolute atomic E-state index is 3.59. The summed E-state index contributed by atoms with van der Waals surface area (Å²) in [5.41, 5.74) is 2.85. The molecule has 0 aromatic heterocycles. The lowest BCUT2D eigenvalue weighted by molar-refractivity contribution is 0.300. The molecule has 0 amide bonds. The third-order valence-electron chi connectivity index (χ3n) is 4.05. The topological polar surface area (TPSA) is 15.3 Å². The first kappa shape index (κ1) is 14.5. The highest BCUT2D eigenvalue weighted by Gasteiger charge is 2.19. The Morgan fingerprint density at radius 1 is 1.21 bits per heavy atom. The summed E-state index contributed by atoms with van der Waals surface area (Å²) >= 11 is 0. The number of hydrogen-bond acceptors (Lipinski definition) is 2. The second-order valence-corrected chi connectivity index (χ2v) is 6.32. The van der Waals surface area contributed by atoms with Gasteiger partial charge in [-0.25, -0.2) is 0 Å². The van der Waals surface area contributed by atoms with Crippen LogP contribution in [0.15, 0.2) is 24.3 Å². The first-order valence-electron chi connectivity index (χ1n) is 7.64. The monoisotopic (exact) mass is 260 g/mol. The van der Waals surface area contributed by atoms with E-state index in [9.17, 15) is 0 Å². The van der Waals surface area contributed by atoms with Gasteiger partial charge in [0.05, 0.1) is 0 Å². The Morgan fingerprint density at radius 3 is 2.47 bits per heavy atom. The number of benzene rings is 1. The van der Waals surface area contributed by atoms with E-state index in [-0.39, 0.29) is 0 Å². The first-order chi connectivity index (χ1) is 9.15. The van der Waals surface area contributed by atoms with Crippen LogP contribution < -0.4 is 5.32 Å². The second-order valence-electron chi connectivity index (χ2n) is 6.32. The van der Waals surface area contributed by atoms with Crippen molar-refractivity contribution in [3.05, 3.63) is 35.4 Å². The summed E-state index contributed by atoms with van der Waals surface area (Å²) < 4.78 is 0. The van der Waals surface area contributed by atoms with Crippen LogP contribution in [0.4, 0.5) is 0 Å². The molecule has 1 N–H and O–H groups in total. The van der Waals surface area contributed by atoms with E-state index in [1.165, 1.54) is 36.9 Å². The molecule has 1 aromatic rings. The van der Waals surface area contributed by atoms with E-state index in [2.05, 4.69) is 55.4 Å². The molecule has 1 fully saturated rings. The Bertz CT molecular complexity index is 369. The maximum Gasteiger partial charge on any atom is 0.0218 e. The summed E-state index contributed by atoms with van der Waals surface area (Å²) in [4.78, 5) is 2.47. The van der Waals surface area contributed by atoms with Gasteiger partial charge in [-0.1, -0.05) is 38.1 Å². The van der Waals surface area contributed by atoms with Crippen LogP contribution in [-0.2, 0) is 13.0 Å². The SMILES string of the molecule is CC(C)Cc1ccc(CNCC2CCCN2C)cc1. The average Bonchev–Trinajstić information content (AvgIpc) is 2.77. The average molecular weight is 260 g/mol. The van der Waals surface area contributed by atoms with Crippen LogP contribution in [0.2, 0.25) is 0 Å². The quantitative estimate of drug-likeness (QED) is 0.845. The third kappa shape index (κ3) is 4.63.